The number of nitrogens with one attached hydrogen (secondary N) is 1. The first-order valence-corrected chi connectivity index (χ1v) is 6.92. The largest absolute Gasteiger partial charge is 0.380 e. The zero-order chi connectivity index (χ0) is 12.3. The zero-order valence-corrected chi connectivity index (χ0v) is 10.6. The summed E-state index contributed by atoms with van der Waals surface area (Å²) in [6.07, 6.45) is 1.38. The summed E-state index contributed by atoms with van der Waals surface area (Å²) in [5.41, 5.74) is 1.07. The Morgan fingerprint density at radius 3 is 2.89 bits per heavy atom. The third kappa shape index (κ3) is 3.16. The van der Waals surface area contributed by atoms with Gasteiger partial charge in [-0.3, -0.25) is 9.80 Å². The molecule has 0 aliphatic heterocycles. The highest BCUT2D eigenvalue weighted by molar-refractivity contribution is 7.87. The van der Waals surface area contributed by atoms with Crippen molar-refractivity contribution < 1.29 is 17.3 Å². The van der Waals surface area contributed by atoms with Gasteiger partial charge in [0.2, 0.25) is 0 Å². The molecule has 0 unspecified atom stereocenters. The summed E-state index contributed by atoms with van der Waals surface area (Å²) in [5, 5.41) is 10.0. The SMILES string of the molecule is CCCCS(=O)(=O)Oc1cccc2[nH]nnc12.F. The number of H-pyrrole nitrogens is 1. The first-order valence-electron chi connectivity index (χ1n) is 5.34. The topological polar surface area (TPSA) is 84.9 Å². The smallest absolute Gasteiger partial charge is 0.309 e. The fourth-order valence-electron chi connectivity index (χ4n) is 1.41. The van der Waals surface area contributed by atoms with Crippen LogP contribution < -0.4 is 4.18 Å². The second kappa shape index (κ2) is 5.76. The molecule has 0 amide bonds. The van der Waals surface area contributed by atoms with E-state index in [1.165, 1.54) is 0 Å². The molecule has 0 spiro atoms. The normalized spacial score (nSPS) is 11.2. The first kappa shape index (κ1) is 14.4. The molecule has 1 N–H and O–H groups in total. The predicted molar refractivity (Wildman–Crippen MR) is 65.7 cm³/mol. The maximum absolute atomic E-state index is 11.6. The Morgan fingerprint density at radius 1 is 1.39 bits per heavy atom. The molecule has 0 saturated carbocycles. The molecule has 0 fully saturated rings. The van der Waals surface area contributed by atoms with Crippen molar-refractivity contribution >= 4 is 21.2 Å². The lowest BCUT2D eigenvalue weighted by atomic mass is 10.3. The van der Waals surface area contributed by atoms with Gasteiger partial charge in [0.05, 0.1) is 11.3 Å². The highest BCUT2D eigenvalue weighted by Gasteiger charge is 2.15. The van der Waals surface area contributed by atoms with Crippen molar-refractivity contribution in [1.29, 1.82) is 0 Å². The molecule has 0 radical (unpaired) electrons. The van der Waals surface area contributed by atoms with E-state index in [4.69, 9.17) is 4.18 Å². The molecule has 100 valence electrons. The maximum atomic E-state index is 11.6. The molecule has 18 heavy (non-hydrogen) atoms. The van der Waals surface area contributed by atoms with Crippen LogP contribution in [0.2, 0.25) is 0 Å². The number of nitrogens with zero attached hydrogens (tertiary/aromatic N) is 2. The molecule has 2 aromatic rings. The maximum Gasteiger partial charge on any atom is 0.309 e. The van der Waals surface area contributed by atoms with Crippen molar-refractivity contribution in [3.63, 3.8) is 0 Å². The van der Waals surface area contributed by atoms with E-state index >= 15 is 0 Å². The van der Waals surface area contributed by atoms with Gasteiger partial charge in [0, 0.05) is 0 Å². The molecule has 8 heteroatoms. The lowest BCUT2D eigenvalue weighted by Gasteiger charge is -2.06. The number of aromatic amines is 1. The summed E-state index contributed by atoms with van der Waals surface area (Å²) in [5.74, 6) is 0.227. The van der Waals surface area contributed by atoms with Crippen molar-refractivity contribution in [1.82, 2.24) is 15.4 Å². The number of hydrogen-bond acceptors (Lipinski definition) is 5. The predicted octanol–water partition coefficient (Wildman–Crippen LogP) is 1.62. The molecule has 6 nitrogen and oxygen atoms in total. The second-order valence-corrected chi connectivity index (χ2v) is 5.35. The van der Waals surface area contributed by atoms with Crippen molar-refractivity contribution in [2.24, 2.45) is 0 Å². The van der Waals surface area contributed by atoms with Crippen LogP contribution in [0.1, 0.15) is 19.8 Å². The third-order valence-corrected chi connectivity index (χ3v) is 3.51. The van der Waals surface area contributed by atoms with Gasteiger partial charge in [-0.2, -0.15) is 8.42 Å². The van der Waals surface area contributed by atoms with Gasteiger partial charge in [-0.25, -0.2) is 0 Å². The summed E-state index contributed by atoms with van der Waals surface area (Å²) in [7, 11) is -3.55. The number of hydrogen-bond donors (Lipinski definition) is 1. The zero-order valence-electron chi connectivity index (χ0n) is 9.79. The lowest BCUT2D eigenvalue weighted by molar-refractivity contribution is 0.485. The van der Waals surface area contributed by atoms with E-state index in [0.29, 0.717) is 17.5 Å². The Morgan fingerprint density at radius 2 is 2.17 bits per heavy atom. The number of fused-ring (bicyclic) bond motifs is 1. The van der Waals surface area contributed by atoms with Crippen LogP contribution >= 0.6 is 0 Å². The Hall–Kier alpha value is -1.70. The van der Waals surface area contributed by atoms with E-state index in [0.717, 1.165) is 6.42 Å². The van der Waals surface area contributed by atoms with Gasteiger partial charge < -0.3 is 4.18 Å². The van der Waals surface area contributed by atoms with Crippen LogP contribution in [0.4, 0.5) is 4.70 Å². The van der Waals surface area contributed by atoms with Crippen LogP contribution in [0.3, 0.4) is 0 Å². The molecule has 0 saturated heterocycles. The minimum atomic E-state index is -3.55. The van der Waals surface area contributed by atoms with Gasteiger partial charge in [-0.05, 0) is 18.6 Å². The molecule has 0 bridgehead atoms. The summed E-state index contributed by atoms with van der Waals surface area (Å²) in [6.45, 7) is 1.92. The minimum Gasteiger partial charge on any atom is -0.380 e. The van der Waals surface area contributed by atoms with Crippen molar-refractivity contribution in [3.8, 4) is 5.75 Å². The van der Waals surface area contributed by atoms with Crippen molar-refractivity contribution in [2.75, 3.05) is 5.75 Å². The van der Waals surface area contributed by atoms with Gasteiger partial charge >= 0.3 is 10.1 Å². The number of unbranched alkanes of at least 4 members (excludes halogenated alkanes) is 1. The van der Waals surface area contributed by atoms with Crippen LogP contribution in [0.25, 0.3) is 11.0 Å². The van der Waals surface area contributed by atoms with Crippen LogP contribution in [0.5, 0.6) is 5.75 Å². The Kier molecular flexibility index (Phi) is 4.60. The molecule has 0 aliphatic carbocycles. The number of aromatic nitrogens is 3. The Balaban J connectivity index is 0.00000162. The second-order valence-electron chi connectivity index (χ2n) is 3.66. The van der Waals surface area contributed by atoms with Crippen LogP contribution in [0.15, 0.2) is 18.2 Å². The number of halogens is 1. The van der Waals surface area contributed by atoms with Crippen LogP contribution in [0, 0.1) is 0 Å². The number of benzene rings is 1. The average Bonchev–Trinajstić information content (AvgIpc) is 2.75. The molecule has 0 aliphatic rings. The molecule has 1 aromatic carbocycles. The van der Waals surface area contributed by atoms with E-state index < -0.39 is 10.1 Å². The Labute approximate surface area is 104 Å². The van der Waals surface area contributed by atoms with E-state index in [-0.39, 0.29) is 16.2 Å². The van der Waals surface area contributed by atoms with E-state index in [1.54, 1.807) is 18.2 Å². The highest BCUT2D eigenvalue weighted by Crippen LogP contribution is 2.23. The van der Waals surface area contributed by atoms with Gasteiger partial charge in [0.25, 0.3) is 0 Å². The van der Waals surface area contributed by atoms with Crippen molar-refractivity contribution in [2.45, 2.75) is 19.8 Å². The summed E-state index contributed by atoms with van der Waals surface area (Å²) >= 11 is 0. The Bertz CT molecular complexity index is 612. The van der Waals surface area contributed by atoms with Gasteiger partial charge in [-0.1, -0.05) is 24.6 Å². The minimum absolute atomic E-state index is 0. The fourth-order valence-corrected chi connectivity index (χ4v) is 2.55. The average molecular weight is 275 g/mol. The molecule has 1 heterocycles. The summed E-state index contributed by atoms with van der Waals surface area (Å²) in [6, 6.07) is 5.00. The summed E-state index contributed by atoms with van der Waals surface area (Å²) < 4.78 is 28.3. The van der Waals surface area contributed by atoms with Gasteiger partial charge in [0.15, 0.2) is 11.3 Å². The molecule has 1 aromatic heterocycles. The standard InChI is InChI=1S/C10H13N3O3S.FH/c1-2-3-7-17(14,15)16-9-6-4-5-8-10(9)12-13-11-8;/h4-6H,2-3,7H2,1H3,(H,11,12,13);1H. The molecular weight excluding hydrogens is 261 g/mol. The van der Waals surface area contributed by atoms with E-state index in [9.17, 15) is 8.42 Å². The van der Waals surface area contributed by atoms with Gasteiger partial charge in [-0.15, -0.1) is 5.10 Å². The van der Waals surface area contributed by atoms with Gasteiger partial charge in [0.1, 0.15) is 0 Å². The molecule has 2 rings (SSSR count). The molecular formula is C10H14FN3O3S. The molecule has 0 atom stereocenters. The van der Waals surface area contributed by atoms with Crippen LogP contribution in [-0.4, -0.2) is 29.6 Å². The third-order valence-electron chi connectivity index (χ3n) is 2.28. The monoisotopic (exact) mass is 275 g/mol. The summed E-state index contributed by atoms with van der Waals surface area (Å²) in [4.78, 5) is 0. The van der Waals surface area contributed by atoms with Crippen LogP contribution in [-0.2, 0) is 10.1 Å². The lowest BCUT2D eigenvalue weighted by Crippen LogP contribution is -2.13. The quantitative estimate of drug-likeness (QED) is 0.838. The first-order chi connectivity index (χ1) is 8.12. The van der Waals surface area contributed by atoms with E-state index in [2.05, 4.69) is 15.4 Å². The fraction of sp³-hybridized carbons (Fsp3) is 0.400. The van der Waals surface area contributed by atoms with Crippen molar-refractivity contribution in [3.05, 3.63) is 18.2 Å². The van der Waals surface area contributed by atoms with E-state index in [1.807, 2.05) is 6.92 Å². The number of rotatable bonds is 5. The highest BCUT2D eigenvalue weighted by atomic mass is 32.2.